The Morgan fingerprint density at radius 1 is 1.35 bits per heavy atom. The van der Waals surface area contributed by atoms with E-state index >= 15 is 0 Å². The number of sulfonamides is 1. The molecule has 2 unspecified atom stereocenters. The van der Waals surface area contributed by atoms with Crippen molar-refractivity contribution < 1.29 is 8.42 Å². The quantitative estimate of drug-likeness (QED) is 0.845. The molecular formula is C15H24N2O2S. The molecule has 1 aliphatic rings. The zero-order chi connectivity index (χ0) is 14.9. The molecule has 1 aromatic rings. The van der Waals surface area contributed by atoms with E-state index < -0.39 is 10.0 Å². The van der Waals surface area contributed by atoms with Crippen LogP contribution >= 0.6 is 0 Å². The molecular weight excluding hydrogens is 272 g/mol. The van der Waals surface area contributed by atoms with Crippen LogP contribution in [0.25, 0.3) is 0 Å². The van der Waals surface area contributed by atoms with Crippen molar-refractivity contribution in [3.05, 3.63) is 28.8 Å². The Labute approximate surface area is 121 Å². The Bertz CT molecular complexity index is 596. The fraction of sp³-hybridized carbons (Fsp3) is 0.600. The second-order valence-electron chi connectivity index (χ2n) is 5.75. The second-order valence-corrected chi connectivity index (χ2v) is 7.43. The van der Waals surface area contributed by atoms with Crippen molar-refractivity contribution in [2.24, 2.45) is 11.7 Å². The smallest absolute Gasteiger partial charge is 0.241 e. The van der Waals surface area contributed by atoms with Crippen LogP contribution in [-0.2, 0) is 16.6 Å². The Balaban J connectivity index is 2.24. The summed E-state index contributed by atoms with van der Waals surface area (Å²) in [7, 11) is -3.44. The average molecular weight is 296 g/mol. The van der Waals surface area contributed by atoms with Crippen LogP contribution < -0.4 is 10.5 Å². The van der Waals surface area contributed by atoms with Gasteiger partial charge in [-0.05, 0) is 55.4 Å². The monoisotopic (exact) mass is 296 g/mol. The molecule has 1 saturated carbocycles. The Morgan fingerprint density at radius 2 is 2.05 bits per heavy atom. The Kier molecular flexibility index (Phi) is 4.52. The van der Waals surface area contributed by atoms with Crippen LogP contribution in [0.4, 0.5) is 0 Å². The van der Waals surface area contributed by atoms with Gasteiger partial charge in [0.05, 0.1) is 4.90 Å². The zero-order valence-electron chi connectivity index (χ0n) is 12.4. The number of rotatable bonds is 6. The van der Waals surface area contributed by atoms with E-state index in [1.54, 1.807) is 6.07 Å². The van der Waals surface area contributed by atoms with Crippen LogP contribution in [0.15, 0.2) is 17.0 Å². The van der Waals surface area contributed by atoms with Gasteiger partial charge in [-0.1, -0.05) is 19.4 Å². The summed E-state index contributed by atoms with van der Waals surface area (Å²) in [6.07, 6.45) is 3.15. The van der Waals surface area contributed by atoms with E-state index in [0.717, 1.165) is 36.0 Å². The first-order chi connectivity index (χ1) is 9.39. The maximum absolute atomic E-state index is 12.5. The van der Waals surface area contributed by atoms with E-state index in [9.17, 15) is 8.42 Å². The Morgan fingerprint density at radius 3 is 2.65 bits per heavy atom. The van der Waals surface area contributed by atoms with Crippen LogP contribution in [0.2, 0.25) is 0 Å². The molecule has 1 aromatic carbocycles. The SMILES string of the molecule is CCCC1CC1NS(=O)(=O)c1cc(CN)cc(C)c1C. The van der Waals surface area contributed by atoms with Crippen molar-refractivity contribution in [2.75, 3.05) is 0 Å². The molecule has 20 heavy (non-hydrogen) atoms. The molecule has 0 aliphatic heterocycles. The normalized spacial score (nSPS) is 22.0. The van der Waals surface area contributed by atoms with Gasteiger partial charge in [-0.2, -0.15) is 0 Å². The molecule has 0 heterocycles. The molecule has 3 N–H and O–H groups in total. The van der Waals surface area contributed by atoms with Crippen molar-refractivity contribution in [1.82, 2.24) is 4.72 Å². The van der Waals surface area contributed by atoms with Gasteiger partial charge in [0.1, 0.15) is 0 Å². The topological polar surface area (TPSA) is 72.2 Å². The van der Waals surface area contributed by atoms with Crippen molar-refractivity contribution in [3.8, 4) is 0 Å². The number of hydrogen-bond acceptors (Lipinski definition) is 3. The molecule has 0 bridgehead atoms. The van der Waals surface area contributed by atoms with Crippen molar-refractivity contribution in [2.45, 2.75) is 57.5 Å². The van der Waals surface area contributed by atoms with E-state index in [1.165, 1.54) is 0 Å². The third-order valence-electron chi connectivity index (χ3n) is 4.09. The van der Waals surface area contributed by atoms with Gasteiger partial charge in [-0.3, -0.25) is 0 Å². The minimum Gasteiger partial charge on any atom is -0.326 e. The van der Waals surface area contributed by atoms with Crippen molar-refractivity contribution in [1.29, 1.82) is 0 Å². The highest BCUT2D eigenvalue weighted by molar-refractivity contribution is 7.89. The summed E-state index contributed by atoms with van der Waals surface area (Å²) < 4.78 is 27.9. The van der Waals surface area contributed by atoms with Crippen LogP contribution in [0.3, 0.4) is 0 Å². The first kappa shape index (κ1) is 15.5. The molecule has 112 valence electrons. The number of benzene rings is 1. The fourth-order valence-corrected chi connectivity index (χ4v) is 4.33. The van der Waals surface area contributed by atoms with Crippen LogP contribution in [0.5, 0.6) is 0 Å². The van der Waals surface area contributed by atoms with Crippen molar-refractivity contribution >= 4 is 10.0 Å². The van der Waals surface area contributed by atoms with E-state index in [-0.39, 0.29) is 6.04 Å². The highest BCUT2D eigenvalue weighted by atomic mass is 32.2. The number of aryl methyl sites for hydroxylation is 1. The molecule has 1 aliphatic carbocycles. The minimum atomic E-state index is -3.44. The largest absolute Gasteiger partial charge is 0.326 e. The number of nitrogens with two attached hydrogens (primary N) is 1. The molecule has 0 amide bonds. The lowest BCUT2D eigenvalue weighted by Crippen LogP contribution is -2.28. The van der Waals surface area contributed by atoms with Gasteiger partial charge in [0.15, 0.2) is 0 Å². The maximum Gasteiger partial charge on any atom is 0.241 e. The molecule has 5 heteroatoms. The summed E-state index contributed by atoms with van der Waals surface area (Å²) in [6, 6.07) is 3.76. The molecule has 2 rings (SSSR count). The van der Waals surface area contributed by atoms with Gasteiger partial charge in [0.25, 0.3) is 0 Å². The van der Waals surface area contributed by atoms with Gasteiger partial charge >= 0.3 is 0 Å². The van der Waals surface area contributed by atoms with E-state index in [2.05, 4.69) is 11.6 Å². The molecule has 2 atom stereocenters. The summed E-state index contributed by atoms with van der Waals surface area (Å²) >= 11 is 0. The summed E-state index contributed by atoms with van der Waals surface area (Å²) in [5, 5.41) is 0. The van der Waals surface area contributed by atoms with Gasteiger partial charge in [-0.25, -0.2) is 13.1 Å². The lowest BCUT2D eigenvalue weighted by atomic mass is 10.1. The first-order valence-corrected chi connectivity index (χ1v) is 8.70. The molecule has 0 saturated heterocycles. The summed E-state index contributed by atoms with van der Waals surface area (Å²) in [5.41, 5.74) is 8.27. The predicted octanol–water partition coefficient (Wildman–Crippen LogP) is 2.23. The molecule has 0 spiro atoms. The average Bonchev–Trinajstić information content (AvgIpc) is 3.09. The van der Waals surface area contributed by atoms with Gasteiger partial charge in [0, 0.05) is 12.6 Å². The number of hydrogen-bond donors (Lipinski definition) is 2. The zero-order valence-corrected chi connectivity index (χ0v) is 13.3. The number of nitrogens with one attached hydrogen (secondary N) is 1. The van der Waals surface area contributed by atoms with Crippen LogP contribution in [0.1, 0.15) is 42.9 Å². The van der Waals surface area contributed by atoms with Crippen molar-refractivity contribution in [3.63, 3.8) is 0 Å². The highest BCUT2D eigenvalue weighted by Gasteiger charge is 2.39. The molecule has 0 aromatic heterocycles. The van der Waals surface area contributed by atoms with Gasteiger partial charge in [-0.15, -0.1) is 0 Å². The predicted molar refractivity (Wildman–Crippen MR) is 80.9 cm³/mol. The second kappa shape index (κ2) is 5.84. The van der Waals surface area contributed by atoms with E-state index in [1.807, 2.05) is 19.9 Å². The third kappa shape index (κ3) is 3.22. The minimum absolute atomic E-state index is 0.112. The van der Waals surface area contributed by atoms with Gasteiger partial charge in [0.2, 0.25) is 10.0 Å². The molecule has 1 fully saturated rings. The maximum atomic E-state index is 12.5. The van der Waals surface area contributed by atoms with Crippen LogP contribution in [0, 0.1) is 19.8 Å². The van der Waals surface area contributed by atoms with Gasteiger partial charge < -0.3 is 5.73 Å². The summed E-state index contributed by atoms with van der Waals surface area (Å²) in [4.78, 5) is 0.375. The van der Waals surface area contributed by atoms with Crippen LogP contribution in [-0.4, -0.2) is 14.5 Å². The highest BCUT2D eigenvalue weighted by Crippen LogP contribution is 2.36. The summed E-state index contributed by atoms with van der Waals surface area (Å²) in [6.45, 7) is 6.25. The fourth-order valence-electron chi connectivity index (χ4n) is 2.64. The van der Waals surface area contributed by atoms with E-state index in [4.69, 9.17) is 5.73 Å². The molecule has 0 radical (unpaired) electrons. The third-order valence-corrected chi connectivity index (χ3v) is 5.71. The lowest BCUT2D eigenvalue weighted by Gasteiger charge is -2.13. The molecule has 4 nitrogen and oxygen atoms in total. The standard InChI is InChI=1S/C15H24N2O2S/c1-4-5-13-8-14(13)17-20(18,19)15-7-12(9-16)6-10(2)11(15)3/h6-7,13-14,17H,4-5,8-9,16H2,1-3H3. The van der Waals surface area contributed by atoms with E-state index in [0.29, 0.717) is 17.4 Å². The lowest BCUT2D eigenvalue weighted by molar-refractivity contribution is 0.572. The Hall–Kier alpha value is -0.910. The first-order valence-electron chi connectivity index (χ1n) is 7.21. The summed E-state index contributed by atoms with van der Waals surface area (Å²) in [5.74, 6) is 0.508.